The van der Waals surface area contributed by atoms with Gasteiger partial charge in [-0.3, -0.25) is 4.79 Å². The third kappa shape index (κ3) is 1.80. The number of carbonyl (C=O) groups excluding carboxylic acids is 1. The molecule has 2 radical (unpaired) electrons. The minimum atomic E-state index is 0.456. The highest BCUT2D eigenvalue weighted by atomic mass is 16.2. The number of aromatic nitrogens is 3. The number of aliphatic hydroxyl groups is 1. The Labute approximate surface area is 81.8 Å². The number of hydrogen-bond donors (Lipinski definition) is 1. The maximum absolute atomic E-state index is 10.4. The number of carbonyl (C=O) groups is 1. The summed E-state index contributed by atoms with van der Waals surface area (Å²) in [6, 6.07) is 1.57. The molecule has 0 saturated carbocycles. The lowest BCUT2D eigenvalue weighted by Gasteiger charge is -1.97. The third-order valence-corrected chi connectivity index (χ3v) is 1.56. The summed E-state index contributed by atoms with van der Waals surface area (Å²) in [7, 11) is 6.59. The van der Waals surface area contributed by atoms with E-state index in [1.165, 1.54) is 10.8 Å². The van der Waals surface area contributed by atoms with Crippen LogP contribution in [0.1, 0.15) is 10.4 Å². The van der Waals surface area contributed by atoms with Gasteiger partial charge in [0.1, 0.15) is 19.8 Å². The summed E-state index contributed by atoms with van der Waals surface area (Å²) in [5.74, 6) is 0. The van der Waals surface area contributed by atoms with Crippen LogP contribution in [0.3, 0.4) is 0 Å². The lowest BCUT2D eigenvalue weighted by atomic mass is 9.96. The fourth-order valence-electron chi connectivity index (χ4n) is 1.04. The molecule has 5 nitrogen and oxygen atoms in total. The van der Waals surface area contributed by atoms with E-state index in [-0.39, 0.29) is 0 Å². The molecule has 0 unspecified atom stereocenters. The summed E-state index contributed by atoms with van der Waals surface area (Å²) in [6.07, 6.45) is 3.68. The van der Waals surface area contributed by atoms with E-state index in [0.717, 1.165) is 13.4 Å². The van der Waals surface area contributed by atoms with Gasteiger partial charge in [-0.15, -0.1) is 0 Å². The van der Waals surface area contributed by atoms with E-state index in [4.69, 9.17) is 13.0 Å². The Balaban J connectivity index is 0.000000461. The minimum absolute atomic E-state index is 0.456. The minimum Gasteiger partial charge on any atom is -0.400 e. The van der Waals surface area contributed by atoms with Gasteiger partial charge in [-0.2, -0.15) is 5.10 Å². The zero-order valence-corrected chi connectivity index (χ0v) is 7.58. The maximum atomic E-state index is 10.4. The highest BCUT2D eigenvalue weighted by Gasteiger charge is 2.00. The topological polar surface area (TPSA) is 67.5 Å². The van der Waals surface area contributed by atoms with E-state index < -0.39 is 0 Å². The van der Waals surface area contributed by atoms with E-state index in [2.05, 4.69) is 10.1 Å². The first-order valence-electron chi connectivity index (χ1n) is 3.80. The van der Waals surface area contributed by atoms with Gasteiger partial charge in [0.2, 0.25) is 0 Å². The van der Waals surface area contributed by atoms with Gasteiger partial charge in [-0.25, -0.2) is 9.50 Å². The van der Waals surface area contributed by atoms with Gasteiger partial charge in [-0.05, 0) is 0 Å². The van der Waals surface area contributed by atoms with Crippen molar-refractivity contribution in [1.29, 1.82) is 0 Å². The third-order valence-electron chi connectivity index (χ3n) is 1.56. The van der Waals surface area contributed by atoms with Crippen LogP contribution in [0.15, 0.2) is 18.6 Å². The molecule has 0 spiro atoms. The van der Waals surface area contributed by atoms with Crippen molar-refractivity contribution in [3.05, 3.63) is 24.2 Å². The van der Waals surface area contributed by atoms with Crippen LogP contribution in [-0.2, 0) is 0 Å². The monoisotopic (exact) mass is 189 g/mol. The molecule has 0 aromatic carbocycles. The van der Waals surface area contributed by atoms with Gasteiger partial charge in [0.25, 0.3) is 0 Å². The summed E-state index contributed by atoms with van der Waals surface area (Å²) in [5.41, 5.74) is 1.52. The van der Waals surface area contributed by atoms with Crippen molar-refractivity contribution >= 4 is 25.2 Å². The average molecular weight is 189 g/mol. The molecule has 2 rings (SSSR count). The molecule has 0 aliphatic rings. The lowest BCUT2D eigenvalue weighted by molar-refractivity contribution is 0.112. The molecule has 0 saturated heterocycles. The second-order valence-electron chi connectivity index (χ2n) is 2.37. The zero-order valence-electron chi connectivity index (χ0n) is 7.58. The second-order valence-corrected chi connectivity index (χ2v) is 2.37. The first-order valence-corrected chi connectivity index (χ1v) is 3.80. The Morgan fingerprint density at radius 3 is 2.93 bits per heavy atom. The van der Waals surface area contributed by atoms with Crippen molar-refractivity contribution in [2.45, 2.75) is 0 Å². The predicted molar refractivity (Wildman–Crippen MR) is 51.9 cm³/mol. The van der Waals surface area contributed by atoms with Crippen LogP contribution in [0.4, 0.5) is 0 Å². The number of nitrogens with zero attached hydrogens (tertiary/aromatic N) is 3. The fraction of sp³-hybridized carbons (Fsp3) is 0.125. The summed E-state index contributed by atoms with van der Waals surface area (Å²) >= 11 is 0. The maximum Gasteiger partial charge on any atom is 0.151 e. The largest absolute Gasteiger partial charge is 0.400 e. The summed E-state index contributed by atoms with van der Waals surface area (Å²) in [4.78, 5) is 14.3. The van der Waals surface area contributed by atoms with Crippen LogP contribution in [0.2, 0.25) is 0 Å². The Morgan fingerprint density at radius 1 is 1.57 bits per heavy atom. The molecule has 0 bridgehead atoms. The van der Waals surface area contributed by atoms with Gasteiger partial charge in [-0.1, -0.05) is 11.5 Å². The van der Waals surface area contributed by atoms with Crippen molar-refractivity contribution in [1.82, 2.24) is 14.6 Å². The van der Waals surface area contributed by atoms with Crippen LogP contribution < -0.4 is 5.46 Å². The number of hydrogen-bond acceptors (Lipinski definition) is 4. The van der Waals surface area contributed by atoms with Gasteiger partial charge in [0.15, 0.2) is 6.29 Å². The van der Waals surface area contributed by atoms with Crippen LogP contribution in [-0.4, -0.2) is 40.9 Å². The summed E-state index contributed by atoms with van der Waals surface area (Å²) < 4.78 is 1.47. The number of aliphatic hydroxyl groups excluding tert-OH is 1. The molecule has 2 heterocycles. The molecule has 0 fully saturated rings. The Hall–Kier alpha value is -1.69. The van der Waals surface area contributed by atoms with E-state index in [1.54, 1.807) is 12.3 Å². The predicted octanol–water partition coefficient (Wildman–Crippen LogP) is -1.06. The molecule has 2 aromatic heterocycles. The van der Waals surface area contributed by atoms with Gasteiger partial charge >= 0.3 is 0 Å². The van der Waals surface area contributed by atoms with E-state index >= 15 is 0 Å². The smallest absolute Gasteiger partial charge is 0.151 e. The molecular weight excluding hydrogens is 181 g/mol. The second kappa shape index (κ2) is 4.52. The van der Waals surface area contributed by atoms with Crippen molar-refractivity contribution in [3.63, 3.8) is 0 Å². The van der Waals surface area contributed by atoms with Crippen molar-refractivity contribution < 1.29 is 9.90 Å². The number of fused-ring (bicyclic) bond motifs is 1. The highest BCUT2D eigenvalue weighted by Crippen LogP contribution is 1.96. The quantitative estimate of drug-likeness (QED) is 0.458. The summed E-state index contributed by atoms with van der Waals surface area (Å²) in [5, 5.41) is 10.9. The highest BCUT2D eigenvalue weighted by molar-refractivity contribution is 6.36. The molecule has 0 atom stereocenters. The Morgan fingerprint density at radius 2 is 2.29 bits per heavy atom. The molecule has 2 aromatic rings. The SMILES string of the molecule is CO.[B]c1cc(C=O)cn2ncnc12. The average Bonchev–Trinajstić information content (AvgIpc) is 2.69. The van der Waals surface area contributed by atoms with Gasteiger partial charge in [0.05, 0.1) is 0 Å². The Bertz CT molecular complexity index is 441. The van der Waals surface area contributed by atoms with Gasteiger partial charge < -0.3 is 5.11 Å². The Kier molecular flexibility index (Phi) is 3.36. The molecule has 0 aliphatic heterocycles. The lowest BCUT2D eigenvalue weighted by Crippen LogP contribution is -2.09. The number of aldehydes is 1. The first-order chi connectivity index (χ1) is 6.81. The van der Waals surface area contributed by atoms with E-state index in [1.807, 2.05) is 0 Å². The number of pyridine rings is 1. The van der Waals surface area contributed by atoms with Crippen LogP contribution in [0, 0.1) is 0 Å². The molecule has 1 N–H and O–H groups in total. The van der Waals surface area contributed by atoms with Crippen molar-refractivity contribution in [2.75, 3.05) is 7.11 Å². The van der Waals surface area contributed by atoms with E-state index in [9.17, 15) is 4.79 Å². The molecular formula is C8H8BN3O2. The zero-order chi connectivity index (χ0) is 10.6. The standard InChI is InChI=1S/C7H4BN3O.CH4O/c8-6-1-5(3-12)2-11-7(6)9-4-10-11;1-2/h1-4H;2H,1H3. The van der Waals surface area contributed by atoms with E-state index in [0.29, 0.717) is 16.7 Å². The molecule has 0 aliphatic carbocycles. The van der Waals surface area contributed by atoms with Crippen LogP contribution >= 0.6 is 0 Å². The molecule has 0 amide bonds. The van der Waals surface area contributed by atoms with Crippen LogP contribution in [0.25, 0.3) is 5.65 Å². The van der Waals surface area contributed by atoms with Gasteiger partial charge in [0, 0.05) is 18.9 Å². The fourth-order valence-corrected chi connectivity index (χ4v) is 1.04. The van der Waals surface area contributed by atoms with Crippen molar-refractivity contribution in [2.24, 2.45) is 0 Å². The normalized spacial score (nSPS) is 9.29. The molecule has 14 heavy (non-hydrogen) atoms. The number of rotatable bonds is 1. The first kappa shape index (κ1) is 10.4. The summed E-state index contributed by atoms with van der Waals surface area (Å²) in [6.45, 7) is 0. The molecule has 6 heteroatoms. The van der Waals surface area contributed by atoms with Crippen molar-refractivity contribution in [3.8, 4) is 0 Å². The molecule has 70 valence electrons. The van der Waals surface area contributed by atoms with Crippen LogP contribution in [0.5, 0.6) is 0 Å².